The maximum Gasteiger partial charge on any atom is 0.304 e. The molecule has 6 nitrogen and oxygen atoms in total. The fourth-order valence-electron chi connectivity index (χ4n) is 3.03. The van der Waals surface area contributed by atoms with Gasteiger partial charge in [-0.2, -0.15) is 12.7 Å². The van der Waals surface area contributed by atoms with Crippen molar-refractivity contribution in [2.45, 2.75) is 39.7 Å². The molecule has 1 atom stereocenters. The Kier molecular flexibility index (Phi) is 7.81. The third kappa shape index (κ3) is 6.30. The molecular weight excluding hydrogens is 386 g/mol. The van der Waals surface area contributed by atoms with Crippen LogP contribution >= 0.6 is 0 Å². The van der Waals surface area contributed by atoms with Gasteiger partial charge >= 0.3 is 10.2 Å². The molecule has 0 spiro atoms. The second-order valence-corrected chi connectivity index (χ2v) is 9.65. The van der Waals surface area contributed by atoms with Crippen LogP contribution in [0.5, 0.6) is 0 Å². The maximum atomic E-state index is 12.9. The van der Waals surface area contributed by atoms with E-state index in [0.717, 1.165) is 28.3 Å². The van der Waals surface area contributed by atoms with Gasteiger partial charge in [0.15, 0.2) is 0 Å². The van der Waals surface area contributed by atoms with Gasteiger partial charge < -0.3 is 5.32 Å². The average molecular weight is 418 g/mol. The molecule has 2 aromatic rings. The third-order valence-electron chi connectivity index (χ3n) is 4.78. The van der Waals surface area contributed by atoms with E-state index in [2.05, 4.69) is 17.4 Å². The Morgan fingerprint density at radius 2 is 1.72 bits per heavy atom. The van der Waals surface area contributed by atoms with Crippen molar-refractivity contribution >= 4 is 21.8 Å². The molecule has 7 heteroatoms. The molecule has 0 heterocycles. The van der Waals surface area contributed by atoms with Crippen LogP contribution in [0.25, 0.3) is 0 Å². The van der Waals surface area contributed by atoms with Gasteiger partial charge in [-0.05, 0) is 56.4 Å². The Morgan fingerprint density at radius 3 is 2.34 bits per heavy atom. The molecular formula is C22H31N3O3S. The number of aryl methyl sites for hydroxylation is 3. The molecule has 0 aliphatic heterocycles. The van der Waals surface area contributed by atoms with E-state index >= 15 is 0 Å². The Balaban J connectivity index is 2.12. The van der Waals surface area contributed by atoms with Gasteiger partial charge in [-0.15, -0.1) is 0 Å². The van der Waals surface area contributed by atoms with Crippen molar-refractivity contribution < 1.29 is 13.2 Å². The topological polar surface area (TPSA) is 69.7 Å². The molecule has 2 aromatic carbocycles. The van der Waals surface area contributed by atoms with Crippen LogP contribution in [-0.4, -0.2) is 45.3 Å². The Morgan fingerprint density at radius 1 is 1.07 bits per heavy atom. The highest BCUT2D eigenvalue weighted by atomic mass is 32.2. The predicted molar refractivity (Wildman–Crippen MR) is 118 cm³/mol. The molecule has 2 rings (SSSR count). The first-order valence-electron chi connectivity index (χ1n) is 9.72. The van der Waals surface area contributed by atoms with Crippen molar-refractivity contribution in [1.82, 2.24) is 9.62 Å². The summed E-state index contributed by atoms with van der Waals surface area (Å²) in [6.45, 7) is 5.41. The number of carbonyl (C=O) groups is 1. The normalized spacial score (nSPS) is 12.6. The fraction of sp³-hybridized carbons (Fsp3) is 0.409. The molecule has 0 aromatic heterocycles. The first kappa shape index (κ1) is 22.9. The lowest BCUT2D eigenvalue weighted by Crippen LogP contribution is -2.47. The monoisotopic (exact) mass is 417 g/mol. The van der Waals surface area contributed by atoms with Crippen LogP contribution in [0.15, 0.2) is 48.5 Å². The quantitative estimate of drug-likeness (QED) is 0.682. The molecule has 29 heavy (non-hydrogen) atoms. The lowest BCUT2D eigenvalue weighted by molar-refractivity contribution is -0.120. The number of anilines is 1. The summed E-state index contributed by atoms with van der Waals surface area (Å²) in [6.07, 6.45) is 1.62. The van der Waals surface area contributed by atoms with Crippen LogP contribution in [0.1, 0.15) is 30.0 Å². The largest absolute Gasteiger partial charge is 0.352 e. The van der Waals surface area contributed by atoms with E-state index in [4.69, 9.17) is 0 Å². The molecule has 0 saturated carbocycles. The highest BCUT2D eigenvalue weighted by Gasteiger charge is 2.28. The number of nitrogens with one attached hydrogen (secondary N) is 1. The number of hydrogen-bond acceptors (Lipinski definition) is 3. The van der Waals surface area contributed by atoms with E-state index in [1.807, 2.05) is 51.1 Å². The predicted octanol–water partition coefficient (Wildman–Crippen LogP) is 3.05. The van der Waals surface area contributed by atoms with Crippen molar-refractivity contribution in [2.75, 3.05) is 24.9 Å². The minimum absolute atomic E-state index is 0.0646. The van der Waals surface area contributed by atoms with Gasteiger partial charge in [-0.25, -0.2) is 4.31 Å². The first-order chi connectivity index (χ1) is 13.6. The Labute approximate surface area is 174 Å². The van der Waals surface area contributed by atoms with Crippen molar-refractivity contribution in [3.63, 3.8) is 0 Å². The molecule has 158 valence electrons. The zero-order valence-electron chi connectivity index (χ0n) is 17.8. The zero-order valence-corrected chi connectivity index (χ0v) is 18.7. The highest BCUT2D eigenvalue weighted by molar-refractivity contribution is 7.90. The van der Waals surface area contributed by atoms with Crippen LogP contribution in [0.4, 0.5) is 5.69 Å². The molecule has 0 fully saturated rings. The Bertz CT molecular complexity index is 928. The summed E-state index contributed by atoms with van der Waals surface area (Å²) < 4.78 is 28.1. The number of rotatable bonds is 9. The summed E-state index contributed by atoms with van der Waals surface area (Å²) in [5.41, 5.74) is 3.46. The van der Waals surface area contributed by atoms with Crippen LogP contribution in [-0.2, 0) is 21.4 Å². The Hall–Kier alpha value is -2.38. The van der Waals surface area contributed by atoms with Gasteiger partial charge in [0.25, 0.3) is 0 Å². The number of amides is 1. The van der Waals surface area contributed by atoms with E-state index in [1.54, 1.807) is 6.07 Å². The van der Waals surface area contributed by atoms with E-state index in [-0.39, 0.29) is 18.5 Å². The van der Waals surface area contributed by atoms with Gasteiger partial charge in [-0.1, -0.05) is 42.5 Å². The van der Waals surface area contributed by atoms with Crippen molar-refractivity contribution in [3.05, 3.63) is 65.2 Å². The third-order valence-corrected chi connectivity index (χ3v) is 6.58. The van der Waals surface area contributed by atoms with Crippen LogP contribution < -0.4 is 9.62 Å². The number of nitrogens with zero attached hydrogens (tertiary/aromatic N) is 2. The van der Waals surface area contributed by atoms with Gasteiger partial charge in [0, 0.05) is 20.1 Å². The number of benzene rings is 2. The summed E-state index contributed by atoms with van der Waals surface area (Å²) in [6, 6.07) is 15.6. The fourth-order valence-corrected chi connectivity index (χ4v) is 4.15. The zero-order chi connectivity index (χ0) is 21.6. The van der Waals surface area contributed by atoms with E-state index in [0.29, 0.717) is 5.69 Å². The van der Waals surface area contributed by atoms with Crippen LogP contribution in [0.3, 0.4) is 0 Å². The molecule has 0 aliphatic carbocycles. The molecule has 0 unspecified atom stereocenters. The molecule has 1 amide bonds. The summed E-state index contributed by atoms with van der Waals surface area (Å²) in [5, 5.41) is 2.93. The number of carbonyl (C=O) groups excluding carboxylic acids is 1. The van der Waals surface area contributed by atoms with Crippen LogP contribution in [0.2, 0.25) is 0 Å². The molecule has 1 N–H and O–H groups in total. The van der Waals surface area contributed by atoms with E-state index < -0.39 is 10.2 Å². The average Bonchev–Trinajstić information content (AvgIpc) is 2.67. The first-order valence-corrected chi connectivity index (χ1v) is 11.1. The van der Waals surface area contributed by atoms with E-state index in [1.165, 1.54) is 24.0 Å². The summed E-state index contributed by atoms with van der Waals surface area (Å²) in [7, 11) is -0.879. The minimum atomic E-state index is -3.81. The molecule has 0 saturated heterocycles. The SMILES string of the molecule is Cc1ccc(C)c(N(CC(=O)N[C@@H](C)CCc2ccccc2)S(=O)(=O)N(C)C)c1. The molecule has 0 radical (unpaired) electrons. The second-order valence-electron chi connectivity index (χ2n) is 7.58. The van der Waals surface area contributed by atoms with Crippen LogP contribution in [0, 0.1) is 13.8 Å². The van der Waals surface area contributed by atoms with Gasteiger partial charge in [0.2, 0.25) is 5.91 Å². The second kappa shape index (κ2) is 9.89. The summed E-state index contributed by atoms with van der Waals surface area (Å²) in [5.74, 6) is -0.322. The van der Waals surface area contributed by atoms with Crippen molar-refractivity contribution in [1.29, 1.82) is 0 Å². The number of hydrogen-bond donors (Lipinski definition) is 1. The molecule has 0 aliphatic rings. The van der Waals surface area contributed by atoms with E-state index in [9.17, 15) is 13.2 Å². The summed E-state index contributed by atoms with van der Waals surface area (Å²) >= 11 is 0. The minimum Gasteiger partial charge on any atom is -0.352 e. The highest BCUT2D eigenvalue weighted by Crippen LogP contribution is 2.25. The smallest absolute Gasteiger partial charge is 0.304 e. The lowest BCUT2D eigenvalue weighted by Gasteiger charge is -2.29. The standard InChI is InChI=1S/C22H31N3O3S/c1-17-11-12-18(2)21(15-17)25(29(27,28)24(4)5)16-22(26)23-19(3)13-14-20-9-7-6-8-10-20/h6-12,15,19H,13-14,16H2,1-5H3,(H,23,26)/t19-/m0/s1. The van der Waals surface area contributed by atoms with Crippen molar-refractivity contribution in [2.24, 2.45) is 0 Å². The maximum absolute atomic E-state index is 12.9. The van der Waals surface area contributed by atoms with Gasteiger partial charge in [-0.3, -0.25) is 4.79 Å². The lowest BCUT2D eigenvalue weighted by atomic mass is 10.1. The van der Waals surface area contributed by atoms with Gasteiger partial charge in [0.05, 0.1) is 5.69 Å². The summed E-state index contributed by atoms with van der Waals surface area (Å²) in [4.78, 5) is 12.7. The molecule has 0 bridgehead atoms. The van der Waals surface area contributed by atoms with Gasteiger partial charge in [0.1, 0.15) is 6.54 Å². The van der Waals surface area contributed by atoms with Crippen molar-refractivity contribution in [3.8, 4) is 0 Å².